The molecule has 0 bridgehead atoms. The summed E-state index contributed by atoms with van der Waals surface area (Å²) < 4.78 is 36.8. The lowest BCUT2D eigenvalue weighted by atomic mass is 10.1. The van der Waals surface area contributed by atoms with E-state index in [2.05, 4.69) is 10.9 Å². The molecule has 2 aromatic rings. The molecule has 2 heterocycles. The van der Waals surface area contributed by atoms with Gasteiger partial charge in [0.05, 0.1) is 25.2 Å². The Morgan fingerprint density at radius 3 is 2.41 bits per heavy atom. The highest BCUT2D eigenvalue weighted by Gasteiger charge is 2.45. The smallest absolute Gasteiger partial charge is 0.278 e. The minimum atomic E-state index is -3.83. The number of terminal acetylenes is 1. The lowest BCUT2D eigenvalue weighted by Crippen LogP contribution is -2.47. The van der Waals surface area contributed by atoms with Crippen molar-refractivity contribution in [3.8, 4) is 23.8 Å². The highest BCUT2D eigenvalue weighted by Crippen LogP contribution is 2.34. The molecule has 9 nitrogen and oxygen atoms in total. The van der Waals surface area contributed by atoms with Crippen LogP contribution >= 0.6 is 11.3 Å². The van der Waals surface area contributed by atoms with Gasteiger partial charge in [0.25, 0.3) is 11.8 Å². The summed E-state index contributed by atoms with van der Waals surface area (Å²) in [5.41, 5.74) is 0.367. The van der Waals surface area contributed by atoms with Crippen LogP contribution < -0.4 is 14.4 Å². The standard InChI is InChI=1S/C21H23N3O6S2/c1-6-19-22-17(12-31-19)20(25)24(14-9-15(29-4)11-16(10-14)30-5)18-7-8-23(21(18)26)32(27,28)13(2)3/h1,9-13,18H,7-8H2,2-5H3. The number of methoxy groups -OCH3 is 2. The number of amides is 2. The van der Waals surface area contributed by atoms with Gasteiger partial charge >= 0.3 is 0 Å². The maximum Gasteiger partial charge on any atom is 0.278 e. The Balaban J connectivity index is 2.11. The van der Waals surface area contributed by atoms with Crippen LogP contribution in [0.2, 0.25) is 0 Å². The van der Waals surface area contributed by atoms with Crippen LogP contribution in [0.3, 0.4) is 0 Å². The lowest BCUT2D eigenvalue weighted by molar-refractivity contribution is -0.124. The van der Waals surface area contributed by atoms with E-state index in [0.717, 1.165) is 15.6 Å². The molecule has 0 saturated carbocycles. The molecule has 1 aromatic heterocycles. The number of hydrogen-bond acceptors (Lipinski definition) is 8. The van der Waals surface area contributed by atoms with E-state index in [1.165, 1.54) is 38.3 Å². The van der Waals surface area contributed by atoms with Gasteiger partial charge in [0.2, 0.25) is 10.0 Å². The van der Waals surface area contributed by atoms with Gasteiger partial charge in [0.15, 0.2) is 5.01 Å². The predicted octanol–water partition coefficient (Wildman–Crippen LogP) is 2.13. The van der Waals surface area contributed by atoms with Gasteiger partial charge in [-0.1, -0.05) is 0 Å². The zero-order chi connectivity index (χ0) is 23.6. The van der Waals surface area contributed by atoms with Crippen LogP contribution in [0.5, 0.6) is 11.5 Å². The molecule has 1 atom stereocenters. The predicted molar refractivity (Wildman–Crippen MR) is 121 cm³/mol. The van der Waals surface area contributed by atoms with Crippen molar-refractivity contribution < 1.29 is 27.5 Å². The maximum atomic E-state index is 13.5. The van der Waals surface area contributed by atoms with Crippen molar-refractivity contribution >= 4 is 38.9 Å². The van der Waals surface area contributed by atoms with Crippen molar-refractivity contribution in [3.05, 3.63) is 34.3 Å². The Labute approximate surface area is 191 Å². The van der Waals surface area contributed by atoms with E-state index in [9.17, 15) is 18.0 Å². The third-order valence-corrected chi connectivity index (χ3v) is 7.97. The molecule has 1 aromatic carbocycles. The molecule has 1 aliphatic heterocycles. The molecule has 1 unspecified atom stereocenters. The second-order valence-electron chi connectivity index (χ2n) is 7.24. The van der Waals surface area contributed by atoms with Crippen molar-refractivity contribution in [2.24, 2.45) is 0 Å². The zero-order valence-electron chi connectivity index (χ0n) is 18.1. The molecule has 170 valence electrons. The second kappa shape index (κ2) is 9.18. The number of carbonyl (C=O) groups excluding carboxylic acids is 2. The molecule has 3 rings (SSSR count). The summed E-state index contributed by atoms with van der Waals surface area (Å²) in [5, 5.41) is 1.05. The zero-order valence-corrected chi connectivity index (χ0v) is 19.7. The number of nitrogens with zero attached hydrogens (tertiary/aromatic N) is 3. The minimum absolute atomic E-state index is 0.0262. The molecule has 11 heteroatoms. The molecule has 1 fully saturated rings. The Kier molecular flexibility index (Phi) is 6.76. The first-order valence-corrected chi connectivity index (χ1v) is 12.1. The Morgan fingerprint density at radius 2 is 1.91 bits per heavy atom. The van der Waals surface area contributed by atoms with Crippen LogP contribution in [0.15, 0.2) is 23.6 Å². The monoisotopic (exact) mass is 477 g/mol. The molecule has 0 spiro atoms. The second-order valence-corrected chi connectivity index (χ2v) is 10.5. The van der Waals surface area contributed by atoms with E-state index in [4.69, 9.17) is 15.9 Å². The number of anilines is 1. The molecule has 2 amide bonds. The summed E-state index contributed by atoms with van der Waals surface area (Å²) in [5.74, 6) is 1.91. The van der Waals surface area contributed by atoms with Crippen LogP contribution in [0, 0.1) is 12.3 Å². The van der Waals surface area contributed by atoms with Crippen molar-refractivity contribution in [2.75, 3.05) is 25.7 Å². The third-order valence-electron chi connectivity index (χ3n) is 5.03. The lowest BCUT2D eigenvalue weighted by Gasteiger charge is -2.28. The summed E-state index contributed by atoms with van der Waals surface area (Å²) in [4.78, 5) is 32.1. The molecule has 0 aliphatic carbocycles. The molecule has 1 saturated heterocycles. The van der Waals surface area contributed by atoms with Crippen LogP contribution in [-0.2, 0) is 14.8 Å². The van der Waals surface area contributed by atoms with Gasteiger partial charge in [0.1, 0.15) is 23.2 Å². The number of thiazole rings is 1. The first-order valence-electron chi connectivity index (χ1n) is 9.68. The van der Waals surface area contributed by atoms with Crippen LogP contribution in [0.25, 0.3) is 0 Å². The quantitative estimate of drug-likeness (QED) is 0.563. The number of aromatic nitrogens is 1. The number of benzene rings is 1. The van der Waals surface area contributed by atoms with E-state index in [1.807, 2.05) is 0 Å². The molecule has 0 radical (unpaired) electrons. The first-order chi connectivity index (χ1) is 15.1. The average molecular weight is 478 g/mol. The average Bonchev–Trinajstić information content (AvgIpc) is 3.41. The summed E-state index contributed by atoms with van der Waals surface area (Å²) >= 11 is 1.12. The van der Waals surface area contributed by atoms with Crippen molar-refractivity contribution in [3.63, 3.8) is 0 Å². The molecule has 1 aliphatic rings. The molecule has 32 heavy (non-hydrogen) atoms. The van der Waals surface area contributed by atoms with Gasteiger partial charge < -0.3 is 9.47 Å². The molecule has 0 N–H and O–H groups in total. The van der Waals surface area contributed by atoms with Crippen LogP contribution in [-0.4, -0.2) is 61.6 Å². The van der Waals surface area contributed by atoms with Crippen molar-refractivity contribution in [2.45, 2.75) is 31.6 Å². The number of sulfonamides is 1. The van der Waals surface area contributed by atoms with Crippen LogP contribution in [0.4, 0.5) is 5.69 Å². The molecular formula is C21H23N3O6S2. The number of rotatable bonds is 7. The summed E-state index contributed by atoms with van der Waals surface area (Å²) in [6.07, 6.45) is 5.50. The molecular weight excluding hydrogens is 454 g/mol. The van der Waals surface area contributed by atoms with E-state index >= 15 is 0 Å². The Bertz CT molecular complexity index is 1160. The maximum absolute atomic E-state index is 13.5. The van der Waals surface area contributed by atoms with E-state index in [1.54, 1.807) is 18.2 Å². The van der Waals surface area contributed by atoms with Gasteiger partial charge in [-0.2, -0.15) is 0 Å². The summed E-state index contributed by atoms with van der Waals surface area (Å²) in [6.45, 7) is 2.98. The Morgan fingerprint density at radius 1 is 1.28 bits per heavy atom. The highest BCUT2D eigenvalue weighted by molar-refractivity contribution is 7.90. The topological polar surface area (TPSA) is 106 Å². The first kappa shape index (κ1) is 23.6. The number of ether oxygens (including phenoxy) is 2. The van der Waals surface area contributed by atoms with E-state index in [-0.39, 0.29) is 18.7 Å². The minimum Gasteiger partial charge on any atom is -0.497 e. The summed E-state index contributed by atoms with van der Waals surface area (Å²) in [7, 11) is -0.913. The van der Waals surface area contributed by atoms with Gasteiger partial charge in [-0.3, -0.25) is 14.5 Å². The van der Waals surface area contributed by atoms with E-state index in [0.29, 0.717) is 22.2 Å². The largest absolute Gasteiger partial charge is 0.497 e. The normalized spacial score (nSPS) is 16.2. The van der Waals surface area contributed by atoms with Gasteiger partial charge in [-0.15, -0.1) is 17.8 Å². The fourth-order valence-corrected chi connectivity index (χ4v) is 5.16. The van der Waals surface area contributed by atoms with E-state index < -0.39 is 33.1 Å². The fraction of sp³-hybridized carbons (Fsp3) is 0.381. The highest BCUT2D eigenvalue weighted by atomic mass is 32.2. The SMILES string of the molecule is C#Cc1nc(C(=O)N(c2cc(OC)cc(OC)c2)C2CCN(S(=O)(=O)C(C)C)C2=O)cs1. The van der Waals surface area contributed by atoms with Gasteiger partial charge in [-0.25, -0.2) is 17.7 Å². The van der Waals surface area contributed by atoms with Gasteiger partial charge in [-0.05, 0) is 26.2 Å². The Hall–Kier alpha value is -3.10. The number of hydrogen-bond donors (Lipinski definition) is 0. The summed E-state index contributed by atoms with van der Waals surface area (Å²) in [6, 6.07) is 3.71. The van der Waals surface area contributed by atoms with Gasteiger partial charge in [0, 0.05) is 30.1 Å². The van der Waals surface area contributed by atoms with Crippen molar-refractivity contribution in [1.82, 2.24) is 9.29 Å². The van der Waals surface area contributed by atoms with Crippen LogP contribution in [0.1, 0.15) is 35.8 Å². The number of carbonyl (C=O) groups is 2. The third kappa shape index (κ3) is 4.28. The van der Waals surface area contributed by atoms with Crippen molar-refractivity contribution in [1.29, 1.82) is 0 Å². The fourth-order valence-electron chi connectivity index (χ4n) is 3.32.